The van der Waals surface area contributed by atoms with Crippen molar-refractivity contribution in [3.05, 3.63) is 33.2 Å². The molecule has 0 radical (unpaired) electrons. The van der Waals surface area contributed by atoms with E-state index in [1.54, 1.807) is 32.2 Å². The van der Waals surface area contributed by atoms with Crippen LogP contribution in [0, 0.1) is 11.3 Å². The van der Waals surface area contributed by atoms with Gasteiger partial charge in [0.05, 0.1) is 17.1 Å². The van der Waals surface area contributed by atoms with Crippen molar-refractivity contribution in [2.75, 3.05) is 0 Å². The van der Waals surface area contributed by atoms with E-state index in [1.165, 1.54) is 9.13 Å². The average Bonchev–Trinajstić information content (AvgIpc) is 2.69. The number of carboxylic acid groups (broad SMARTS) is 1. The van der Waals surface area contributed by atoms with Crippen LogP contribution in [0.4, 0.5) is 0 Å². The van der Waals surface area contributed by atoms with Crippen molar-refractivity contribution in [2.45, 2.75) is 25.3 Å². The van der Waals surface area contributed by atoms with Crippen LogP contribution in [0.1, 0.15) is 19.8 Å². The Bertz CT molecular complexity index is 815. The van der Waals surface area contributed by atoms with Crippen LogP contribution in [0.25, 0.3) is 11.0 Å². The summed E-state index contributed by atoms with van der Waals surface area (Å²) in [5.74, 6) is -0.993. The maximum absolute atomic E-state index is 12.5. The number of aryl methyl sites for hydroxylation is 1. The van der Waals surface area contributed by atoms with Gasteiger partial charge in [0.1, 0.15) is 5.54 Å². The molecule has 1 atom stereocenters. The van der Waals surface area contributed by atoms with Gasteiger partial charge >= 0.3 is 11.7 Å². The molecule has 0 fully saturated rings. The molecule has 0 amide bonds. The highest BCUT2D eigenvalue weighted by molar-refractivity contribution is 9.10. The predicted molar refractivity (Wildman–Crippen MR) is 81.0 cm³/mol. The number of imidazole rings is 1. The molecule has 21 heavy (non-hydrogen) atoms. The second kappa shape index (κ2) is 5.37. The molecule has 0 aliphatic rings. The second-order valence-electron chi connectivity index (χ2n) is 5.09. The van der Waals surface area contributed by atoms with Gasteiger partial charge in [0.25, 0.3) is 0 Å². The summed E-state index contributed by atoms with van der Waals surface area (Å²) in [5.41, 5.74) is -0.244. The zero-order valence-electron chi connectivity index (χ0n) is 11.6. The van der Waals surface area contributed by atoms with Gasteiger partial charge in [-0.3, -0.25) is 13.9 Å². The van der Waals surface area contributed by atoms with Crippen LogP contribution < -0.4 is 5.69 Å². The van der Waals surface area contributed by atoms with Crippen LogP contribution in [0.5, 0.6) is 0 Å². The van der Waals surface area contributed by atoms with Crippen LogP contribution in [-0.2, 0) is 17.4 Å². The van der Waals surface area contributed by atoms with Crippen molar-refractivity contribution < 1.29 is 9.90 Å². The molecule has 6 nitrogen and oxygen atoms in total. The van der Waals surface area contributed by atoms with Gasteiger partial charge in [0, 0.05) is 17.9 Å². The molecule has 2 rings (SSSR count). The summed E-state index contributed by atoms with van der Waals surface area (Å²) in [6.07, 6.45) is -0.114. The standard InChI is InChI=1S/C14H14BrN3O3/c1-14(8-16,6-5-12(19)20)18-10-4-3-9(15)7-11(10)17(2)13(18)21/h3-4,7H,5-6H2,1-2H3,(H,19,20). The van der Waals surface area contributed by atoms with E-state index in [0.717, 1.165) is 4.47 Å². The van der Waals surface area contributed by atoms with Gasteiger partial charge in [-0.15, -0.1) is 0 Å². The molecule has 0 aliphatic carbocycles. The lowest BCUT2D eigenvalue weighted by Gasteiger charge is -2.22. The molecular formula is C14H14BrN3O3. The number of aliphatic carboxylic acids is 1. The topological polar surface area (TPSA) is 88.0 Å². The van der Waals surface area contributed by atoms with Crippen molar-refractivity contribution in [2.24, 2.45) is 7.05 Å². The molecule has 0 aliphatic heterocycles. The monoisotopic (exact) mass is 351 g/mol. The number of halogens is 1. The molecule has 0 spiro atoms. The molecule has 1 unspecified atom stereocenters. The molecular weight excluding hydrogens is 338 g/mol. The smallest absolute Gasteiger partial charge is 0.330 e. The first-order valence-electron chi connectivity index (χ1n) is 6.30. The number of fused-ring (bicyclic) bond motifs is 1. The maximum atomic E-state index is 12.5. The van der Waals surface area contributed by atoms with Crippen LogP contribution in [-0.4, -0.2) is 20.2 Å². The largest absolute Gasteiger partial charge is 0.481 e. The summed E-state index contributed by atoms with van der Waals surface area (Å²) in [5, 5.41) is 18.3. The Labute approximate surface area is 129 Å². The van der Waals surface area contributed by atoms with E-state index >= 15 is 0 Å². The SMILES string of the molecule is Cn1c(=O)n(C(C)(C#N)CCC(=O)O)c2ccc(Br)cc21. The molecule has 110 valence electrons. The molecule has 1 N–H and O–H groups in total. The molecule has 0 bridgehead atoms. The summed E-state index contributed by atoms with van der Waals surface area (Å²) in [7, 11) is 1.63. The van der Waals surface area contributed by atoms with Gasteiger partial charge < -0.3 is 5.11 Å². The molecule has 1 aromatic heterocycles. The normalized spacial score (nSPS) is 13.8. The third kappa shape index (κ3) is 2.59. The predicted octanol–water partition coefficient (Wildman–Crippen LogP) is 2.21. The lowest BCUT2D eigenvalue weighted by molar-refractivity contribution is -0.137. The van der Waals surface area contributed by atoms with Gasteiger partial charge in [-0.1, -0.05) is 15.9 Å². The Balaban J connectivity index is 2.70. The van der Waals surface area contributed by atoms with E-state index in [9.17, 15) is 14.9 Å². The van der Waals surface area contributed by atoms with Crippen molar-refractivity contribution >= 4 is 32.9 Å². The highest BCUT2D eigenvalue weighted by Crippen LogP contribution is 2.27. The zero-order valence-corrected chi connectivity index (χ0v) is 13.2. The van der Waals surface area contributed by atoms with Crippen molar-refractivity contribution in [3.8, 4) is 6.07 Å². The van der Waals surface area contributed by atoms with E-state index in [4.69, 9.17) is 5.11 Å². The summed E-state index contributed by atoms with van der Waals surface area (Å²) in [4.78, 5) is 23.2. The van der Waals surface area contributed by atoms with Crippen LogP contribution in [0.15, 0.2) is 27.5 Å². The molecule has 0 saturated heterocycles. The minimum atomic E-state index is -1.21. The number of hydrogen-bond donors (Lipinski definition) is 1. The van der Waals surface area contributed by atoms with Crippen LogP contribution in [0.3, 0.4) is 0 Å². The van der Waals surface area contributed by atoms with E-state index in [2.05, 4.69) is 22.0 Å². The summed E-state index contributed by atoms with van der Waals surface area (Å²) in [6.45, 7) is 1.58. The van der Waals surface area contributed by atoms with Gasteiger partial charge in [-0.05, 0) is 31.5 Å². The summed E-state index contributed by atoms with van der Waals surface area (Å²) in [6, 6.07) is 7.41. The third-order valence-electron chi connectivity index (χ3n) is 3.58. The molecule has 1 aromatic carbocycles. The Morgan fingerprint density at radius 1 is 1.48 bits per heavy atom. The maximum Gasteiger partial charge on any atom is 0.330 e. The number of carbonyl (C=O) groups is 1. The first kappa shape index (κ1) is 15.3. The lowest BCUT2D eigenvalue weighted by atomic mass is 9.97. The number of nitriles is 1. The summed E-state index contributed by atoms with van der Waals surface area (Å²) < 4.78 is 3.65. The molecule has 7 heteroatoms. The fourth-order valence-corrected chi connectivity index (χ4v) is 2.70. The first-order valence-corrected chi connectivity index (χ1v) is 7.10. The number of aromatic nitrogens is 2. The van der Waals surface area contributed by atoms with E-state index in [1.807, 2.05) is 0 Å². The first-order chi connectivity index (χ1) is 9.80. The van der Waals surface area contributed by atoms with Crippen LogP contribution >= 0.6 is 15.9 Å². The fraction of sp³-hybridized carbons (Fsp3) is 0.357. The Morgan fingerprint density at radius 3 is 2.71 bits per heavy atom. The van der Waals surface area contributed by atoms with E-state index < -0.39 is 11.5 Å². The Kier molecular flexibility index (Phi) is 3.92. The van der Waals surface area contributed by atoms with Gasteiger partial charge in [-0.2, -0.15) is 5.26 Å². The van der Waals surface area contributed by atoms with E-state index in [0.29, 0.717) is 11.0 Å². The number of hydrogen-bond acceptors (Lipinski definition) is 3. The number of benzene rings is 1. The zero-order chi connectivity index (χ0) is 15.8. The van der Waals surface area contributed by atoms with Crippen molar-refractivity contribution in [3.63, 3.8) is 0 Å². The fourth-order valence-electron chi connectivity index (χ4n) is 2.36. The average molecular weight is 352 g/mol. The quantitative estimate of drug-likeness (QED) is 0.914. The van der Waals surface area contributed by atoms with Gasteiger partial charge in [-0.25, -0.2) is 4.79 Å². The van der Waals surface area contributed by atoms with Crippen molar-refractivity contribution in [1.82, 2.24) is 9.13 Å². The Morgan fingerprint density at radius 2 is 2.14 bits per heavy atom. The van der Waals surface area contributed by atoms with Crippen molar-refractivity contribution in [1.29, 1.82) is 5.26 Å². The Hall–Kier alpha value is -2.07. The molecule has 2 aromatic rings. The number of carboxylic acids is 1. The minimum absolute atomic E-state index is 0.0634. The summed E-state index contributed by atoms with van der Waals surface area (Å²) >= 11 is 3.35. The lowest BCUT2D eigenvalue weighted by Crippen LogP contribution is -2.38. The second-order valence-corrected chi connectivity index (χ2v) is 6.01. The number of rotatable bonds is 4. The van der Waals surface area contributed by atoms with Gasteiger partial charge in [0.2, 0.25) is 0 Å². The van der Waals surface area contributed by atoms with Gasteiger partial charge in [0.15, 0.2) is 0 Å². The highest BCUT2D eigenvalue weighted by Gasteiger charge is 2.31. The number of nitrogens with zero attached hydrogens (tertiary/aromatic N) is 3. The minimum Gasteiger partial charge on any atom is -0.481 e. The molecule has 0 saturated carbocycles. The third-order valence-corrected chi connectivity index (χ3v) is 4.07. The highest BCUT2D eigenvalue weighted by atomic mass is 79.9. The molecule has 1 heterocycles. The van der Waals surface area contributed by atoms with Crippen LogP contribution in [0.2, 0.25) is 0 Å². The van der Waals surface area contributed by atoms with E-state index in [-0.39, 0.29) is 18.5 Å².